The van der Waals surface area contributed by atoms with Gasteiger partial charge in [-0.05, 0) is 30.2 Å². The summed E-state index contributed by atoms with van der Waals surface area (Å²) in [6, 6.07) is 6.33. The van der Waals surface area contributed by atoms with Gasteiger partial charge in [0, 0.05) is 18.2 Å². The van der Waals surface area contributed by atoms with Crippen molar-refractivity contribution in [3.63, 3.8) is 0 Å². The van der Waals surface area contributed by atoms with Crippen molar-refractivity contribution in [1.29, 1.82) is 0 Å². The molecular formula is C14H18N2O2. The molecule has 18 heavy (non-hydrogen) atoms. The Morgan fingerprint density at radius 1 is 1.44 bits per heavy atom. The van der Waals surface area contributed by atoms with Crippen molar-refractivity contribution in [3.8, 4) is 0 Å². The van der Waals surface area contributed by atoms with Crippen LogP contribution in [0, 0.1) is 0 Å². The molecule has 1 aromatic carbocycles. The highest BCUT2D eigenvalue weighted by molar-refractivity contribution is 6.00. The molecule has 0 aliphatic carbocycles. The first-order valence-corrected chi connectivity index (χ1v) is 6.34. The van der Waals surface area contributed by atoms with Crippen molar-refractivity contribution in [2.24, 2.45) is 5.73 Å². The second-order valence-corrected chi connectivity index (χ2v) is 5.28. The van der Waals surface area contributed by atoms with Crippen LogP contribution in [0.5, 0.6) is 0 Å². The standard InChI is InChI=1S/C14H18N2O2/c1-16-12-3-2-11(6-10(12)7-13(16)17)14(4-5-15)8-18-9-14/h2-3,6H,4-5,7-9,15H2,1H3. The lowest BCUT2D eigenvalue weighted by molar-refractivity contribution is -0.117. The van der Waals surface area contributed by atoms with Crippen LogP contribution in [0.3, 0.4) is 0 Å². The van der Waals surface area contributed by atoms with E-state index in [0.29, 0.717) is 13.0 Å². The largest absolute Gasteiger partial charge is 0.379 e. The van der Waals surface area contributed by atoms with E-state index in [1.807, 2.05) is 13.1 Å². The predicted molar refractivity (Wildman–Crippen MR) is 69.7 cm³/mol. The number of nitrogens with zero attached hydrogens (tertiary/aromatic N) is 1. The van der Waals surface area contributed by atoms with Crippen LogP contribution >= 0.6 is 0 Å². The molecule has 1 fully saturated rings. The highest BCUT2D eigenvalue weighted by atomic mass is 16.5. The Balaban J connectivity index is 1.96. The van der Waals surface area contributed by atoms with Gasteiger partial charge in [-0.2, -0.15) is 0 Å². The number of fused-ring (bicyclic) bond motifs is 1. The SMILES string of the molecule is CN1C(=O)Cc2cc(C3(CCN)COC3)ccc21. The maximum atomic E-state index is 11.7. The summed E-state index contributed by atoms with van der Waals surface area (Å²) >= 11 is 0. The van der Waals surface area contributed by atoms with Crippen molar-refractivity contribution in [3.05, 3.63) is 29.3 Å². The van der Waals surface area contributed by atoms with Gasteiger partial charge in [-0.3, -0.25) is 4.79 Å². The summed E-state index contributed by atoms with van der Waals surface area (Å²) in [5.74, 6) is 0.167. The molecule has 0 radical (unpaired) electrons. The van der Waals surface area contributed by atoms with Crippen LogP contribution < -0.4 is 10.6 Å². The molecular weight excluding hydrogens is 228 g/mol. The zero-order chi connectivity index (χ0) is 12.8. The van der Waals surface area contributed by atoms with Crippen molar-refractivity contribution in [2.75, 3.05) is 31.7 Å². The molecule has 2 heterocycles. The minimum absolute atomic E-state index is 0.0774. The minimum Gasteiger partial charge on any atom is -0.379 e. The number of carbonyl (C=O) groups excluding carboxylic acids is 1. The van der Waals surface area contributed by atoms with Gasteiger partial charge in [0.05, 0.1) is 19.6 Å². The Morgan fingerprint density at radius 2 is 2.22 bits per heavy atom. The maximum absolute atomic E-state index is 11.7. The molecule has 0 aromatic heterocycles. The summed E-state index contributed by atoms with van der Waals surface area (Å²) in [6.45, 7) is 2.15. The van der Waals surface area contributed by atoms with Crippen LogP contribution in [-0.2, 0) is 21.4 Å². The smallest absolute Gasteiger partial charge is 0.231 e. The Morgan fingerprint density at radius 3 is 2.83 bits per heavy atom. The van der Waals surface area contributed by atoms with Crippen LogP contribution in [-0.4, -0.2) is 32.7 Å². The maximum Gasteiger partial charge on any atom is 0.231 e. The van der Waals surface area contributed by atoms with Gasteiger partial charge in [0.1, 0.15) is 0 Å². The van der Waals surface area contributed by atoms with Crippen molar-refractivity contribution >= 4 is 11.6 Å². The van der Waals surface area contributed by atoms with E-state index in [-0.39, 0.29) is 11.3 Å². The fourth-order valence-electron chi connectivity index (χ4n) is 2.88. The van der Waals surface area contributed by atoms with Crippen molar-refractivity contribution < 1.29 is 9.53 Å². The monoisotopic (exact) mass is 246 g/mol. The first-order chi connectivity index (χ1) is 8.66. The van der Waals surface area contributed by atoms with Crippen LogP contribution in [0.2, 0.25) is 0 Å². The molecule has 2 N–H and O–H groups in total. The summed E-state index contributed by atoms with van der Waals surface area (Å²) in [5, 5.41) is 0. The first kappa shape index (κ1) is 11.7. The summed E-state index contributed by atoms with van der Waals surface area (Å²) in [4.78, 5) is 13.4. The quantitative estimate of drug-likeness (QED) is 0.859. The minimum atomic E-state index is 0.0774. The Bertz CT molecular complexity index is 495. The topological polar surface area (TPSA) is 55.6 Å². The van der Waals surface area contributed by atoms with Gasteiger partial charge >= 0.3 is 0 Å². The summed E-state index contributed by atoms with van der Waals surface area (Å²) in [7, 11) is 1.83. The number of anilines is 1. The summed E-state index contributed by atoms with van der Waals surface area (Å²) < 4.78 is 5.37. The molecule has 0 saturated carbocycles. The molecule has 0 unspecified atom stereocenters. The van der Waals surface area contributed by atoms with E-state index in [1.165, 1.54) is 5.56 Å². The molecule has 0 bridgehead atoms. The van der Waals surface area contributed by atoms with Crippen molar-refractivity contribution in [2.45, 2.75) is 18.3 Å². The molecule has 4 nitrogen and oxygen atoms in total. The number of rotatable bonds is 3. The second kappa shape index (κ2) is 4.07. The average Bonchev–Trinajstić information content (AvgIpc) is 2.59. The van der Waals surface area contributed by atoms with Gasteiger partial charge in [-0.1, -0.05) is 12.1 Å². The molecule has 96 valence electrons. The number of ether oxygens (including phenoxy) is 1. The molecule has 0 spiro atoms. The molecule has 0 atom stereocenters. The lowest BCUT2D eigenvalue weighted by Gasteiger charge is -2.42. The predicted octanol–water partition coefficient (Wildman–Crippen LogP) is 0.822. The van der Waals surface area contributed by atoms with Gasteiger partial charge in [-0.25, -0.2) is 0 Å². The number of nitrogens with two attached hydrogens (primary N) is 1. The summed E-state index contributed by atoms with van der Waals surface area (Å²) in [6.07, 6.45) is 1.45. The highest BCUT2D eigenvalue weighted by Crippen LogP contribution is 2.38. The van der Waals surface area contributed by atoms with E-state index in [4.69, 9.17) is 10.5 Å². The zero-order valence-electron chi connectivity index (χ0n) is 10.6. The third kappa shape index (κ3) is 1.56. The van der Waals surface area contributed by atoms with Crippen LogP contribution in [0.4, 0.5) is 5.69 Å². The number of carbonyl (C=O) groups is 1. The Hall–Kier alpha value is -1.39. The molecule has 2 aliphatic rings. The van der Waals surface area contributed by atoms with Gasteiger partial charge in [0.25, 0.3) is 0 Å². The van der Waals surface area contributed by atoms with Gasteiger partial charge in [0.2, 0.25) is 5.91 Å². The van der Waals surface area contributed by atoms with Crippen LogP contribution in [0.1, 0.15) is 17.5 Å². The zero-order valence-corrected chi connectivity index (χ0v) is 10.6. The van der Waals surface area contributed by atoms with E-state index in [9.17, 15) is 4.79 Å². The number of hydrogen-bond donors (Lipinski definition) is 1. The average molecular weight is 246 g/mol. The molecule has 1 saturated heterocycles. The molecule has 1 aromatic rings. The van der Waals surface area contributed by atoms with E-state index in [2.05, 4.69) is 12.1 Å². The Labute approximate surface area is 107 Å². The fourth-order valence-corrected chi connectivity index (χ4v) is 2.88. The lowest BCUT2D eigenvalue weighted by Crippen LogP contribution is -2.48. The molecule has 3 rings (SSSR count). The molecule has 4 heteroatoms. The van der Waals surface area contributed by atoms with E-state index < -0.39 is 0 Å². The van der Waals surface area contributed by atoms with Crippen LogP contribution in [0.25, 0.3) is 0 Å². The van der Waals surface area contributed by atoms with Gasteiger partial charge in [0.15, 0.2) is 0 Å². The van der Waals surface area contributed by atoms with Gasteiger partial charge in [-0.15, -0.1) is 0 Å². The fraction of sp³-hybridized carbons (Fsp3) is 0.500. The highest BCUT2D eigenvalue weighted by Gasteiger charge is 2.40. The number of hydrogen-bond acceptors (Lipinski definition) is 3. The third-order valence-electron chi connectivity index (χ3n) is 4.15. The van der Waals surface area contributed by atoms with Crippen LogP contribution in [0.15, 0.2) is 18.2 Å². The molecule has 1 amide bonds. The Kier molecular flexibility index (Phi) is 2.64. The normalized spacial score (nSPS) is 20.8. The summed E-state index contributed by atoms with van der Waals surface area (Å²) in [5.41, 5.74) is 9.20. The number of benzene rings is 1. The third-order valence-corrected chi connectivity index (χ3v) is 4.15. The van der Waals surface area contributed by atoms with E-state index in [1.54, 1.807) is 4.90 Å². The first-order valence-electron chi connectivity index (χ1n) is 6.34. The number of likely N-dealkylation sites (N-methyl/N-ethyl adjacent to an activating group) is 1. The molecule has 2 aliphatic heterocycles. The van der Waals surface area contributed by atoms with E-state index >= 15 is 0 Å². The lowest BCUT2D eigenvalue weighted by atomic mass is 9.75. The number of amides is 1. The second-order valence-electron chi connectivity index (χ2n) is 5.28. The van der Waals surface area contributed by atoms with E-state index in [0.717, 1.165) is 30.9 Å². The van der Waals surface area contributed by atoms with Gasteiger partial charge < -0.3 is 15.4 Å². The van der Waals surface area contributed by atoms with Crippen molar-refractivity contribution in [1.82, 2.24) is 0 Å².